The van der Waals surface area contributed by atoms with Crippen molar-refractivity contribution in [3.63, 3.8) is 0 Å². The van der Waals surface area contributed by atoms with E-state index in [4.69, 9.17) is 4.74 Å². The van der Waals surface area contributed by atoms with Gasteiger partial charge in [-0.1, -0.05) is 0 Å². The quantitative estimate of drug-likeness (QED) is 0.751. The zero-order chi connectivity index (χ0) is 19.7. The van der Waals surface area contributed by atoms with Gasteiger partial charge in [0, 0.05) is 19.2 Å². The summed E-state index contributed by atoms with van der Waals surface area (Å²) in [5, 5.41) is 0.614. The van der Waals surface area contributed by atoms with Crippen LogP contribution in [-0.2, 0) is 16.4 Å². The largest absolute Gasteiger partial charge is 0.497 e. The zero-order valence-electron chi connectivity index (χ0n) is 16.2. The molecule has 0 saturated carbocycles. The van der Waals surface area contributed by atoms with Crippen molar-refractivity contribution in [2.45, 2.75) is 25.8 Å². The molecule has 2 saturated heterocycles. The number of hydrogen-bond donors (Lipinski definition) is 0. The van der Waals surface area contributed by atoms with Gasteiger partial charge in [0.1, 0.15) is 5.75 Å². The van der Waals surface area contributed by atoms with Gasteiger partial charge in [-0.05, 0) is 56.3 Å². The third-order valence-electron chi connectivity index (χ3n) is 6.04. The van der Waals surface area contributed by atoms with Gasteiger partial charge in [-0.3, -0.25) is 9.36 Å². The van der Waals surface area contributed by atoms with Crippen LogP contribution in [0.5, 0.6) is 5.75 Å². The predicted molar refractivity (Wildman–Crippen MR) is 108 cm³/mol. The van der Waals surface area contributed by atoms with E-state index < -0.39 is 9.84 Å². The van der Waals surface area contributed by atoms with E-state index in [1.165, 1.54) is 0 Å². The summed E-state index contributed by atoms with van der Waals surface area (Å²) >= 11 is 0. The van der Waals surface area contributed by atoms with Gasteiger partial charge in [-0.2, -0.15) is 0 Å². The minimum absolute atomic E-state index is 0.00811. The number of benzene rings is 1. The molecule has 8 heteroatoms. The molecular weight excluding hydrogens is 378 g/mol. The first kappa shape index (κ1) is 19.4. The number of ether oxygens (including phenoxy) is 1. The van der Waals surface area contributed by atoms with Crippen molar-refractivity contribution in [2.75, 3.05) is 38.2 Å². The average molecular weight is 406 g/mol. The lowest BCUT2D eigenvalue weighted by Crippen LogP contribution is -2.39. The van der Waals surface area contributed by atoms with Crippen LogP contribution >= 0.6 is 0 Å². The third kappa shape index (κ3) is 4.22. The highest BCUT2D eigenvalue weighted by atomic mass is 32.2. The van der Waals surface area contributed by atoms with E-state index in [9.17, 15) is 13.2 Å². The molecule has 152 valence electrons. The summed E-state index contributed by atoms with van der Waals surface area (Å²) in [6, 6.07) is 5.35. The number of likely N-dealkylation sites (tertiary alicyclic amines) is 1. The van der Waals surface area contributed by atoms with Crippen LogP contribution in [0.3, 0.4) is 0 Å². The van der Waals surface area contributed by atoms with Gasteiger partial charge < -0.3 is 9.64 Å². The van der Waals surface area contributed by atoms with Crippen LogP contribution < -0.4 is 10.3 Å². The van der Waals surface area contributed by atoms with Crippen molar-refractivity contribution in [2.24, 2.45) is 11.8 Å². The van der Waals surface area contributed by atoms with Gasteiger partial charge in [-0.15, -0.1) is 0 Å². The molecule has 0 amide bonds. The van der Waals surface area contributed by atoms with Crippen LogP contribution in [-0.4, -0.2) is 61.1 Å². The van der Waals surface area contributed by atoms with Crippen LogP contribution in [0.4, 0.5) is 0 Å². The second-order valence-electron chi connectivity index (χ2n) is 8.10. The summed E-state index contributed by atoms with van der Waals surface area (Å²) in [7, 11) is -1.21. The molecule has 2 aromatic rings. The molecule has 0 aliphatic carbocycles. The molecule has 0 radical (unpaired) electrons. The Kier molecular flexibility index (Phi) is 5.42. The fourth-order valence-electron chi connectivity index (χ4n) is 4.41. The van der Waals surface area contributed by atoms with Crippen LogP contribution in [0.2, 0.25) is 0 Å². The van der Waals surface area contributed by atoms with Gasteiger partial charge in [0.15, 0.2) is 9.84 Å². The maximum atomic E-state index is 12.8. The summed E-state index contributed by atoms with van der Waals surface area (Å²) in [6.45, 7) is 3.49. The molecule has 0 N–H and O–H groups in total. The predicted octanol–water partition coefficient (Wildman–Crippen LogP) is 1.55. The van der Waals surface area contributed by atoms with Crippen LogP contribution in [0.15, 0.2) is 29.3 Å². The number of aromatic nitrogens is 2. The zero-order valence-corrected chi connectivity index (χ0v) is 17.0. The third-order valence-corrected chi connectivity index (χ3v) is 7.87. The highest BCUT2D eigenvalue weighted by Crippen LogP contribution is 2.24. The molecule has 0 bridgehead atoms. The Balaban J connectivity index is 1.36. The molecule has 1 aromatic heterocycles. The van der Waals surface area contributed by atoms with Gasteiger partial charge >= 0.3 is 0 Å². The van der Waals surface area contributed by atoms with Gasteiger partial charge in [0.25, 0.3) is 5.56 Å². The summed E-state index contributed by atoms with van der Waals surface area (Å²) in [5.74, 6) is 2.11. The Hall–Kier alpha value is -1.93. The Morgan fingerprint density at radius 3 is 2.61 bits per heavy atom. The average Bonchev–Trinajstić information content (AvgIpc) is 3.03. The number of sulfone groups is 1. The highest BCUT2D eigenvalue weighted by molar-refractivity contribution is 7.91. The first-order chi connectivity index (χ1) is 13.4. The van der Waals surface area contributed by atoms with Crippen LogP contribution in [0.25, 0.3) is 10.9 Å². The van der Waals surface area contributed by atoms with Crippen molar-refractivity contribution in [1.82, 2.24) is 14.5 Å². The number of rotatable bonds is 5. The Bertz CT molecular complexity index is 1010. The van der Waals surface area contributed by atoms with Crippen molar-refractivity contribution in [3.8, 4) is 5.75 Å². The number of methoxy groups -OCH3 is 1. The maximum absolute atomic E-state index is 12.8. The van der Waals surface area contributed by atoms with Crippen molar-refractivity contribution < 1.29 is 13.2 Å². The molecule has 1 atom stereocenters. The molecule has 7 nitrogen and oxygen atoms in total. The molecule has 1 unspecified atom stereocenters. The molecule has 1 aromatic carbocycles. The van der Waals surface area contributed by atoms with Gasteiger partial charge in [0.2, 0.25) is 0 Å². The van der Waals surface area contributed by atoms with E-state index in [0.717, 1.165) is 38.9 Å². The number of hydrogen-bond acceptors (Lipinski definition) is 6. The number of fused-ring (bicyclic) bond motifs is 1. The second-order valence-corrected chi connectivity index (χ2v) is 10.3. The lowest BCUT2D eigenvalue weighted by molar-refractivity contribution is 0.156. The maximum Gasteiger partial charge on any atom is 0.261 e. The van der Waals surface area contributed by atoms with E-state index in [1.54, 1.807) is 36.2 Å². The molecule has 3 heterocycles. The summed E-state index contributed by atoms with van der Waals surface area (Å²) in [6.07, 6.45) is 4.48. The van der Waals surface area contributed by atoms with Gasteiger partial charge in [0.05, 0.1) is 35.8 Å². The lowest BCUT2D eigenvalue weighted by atomic mass is 9.95. The highest BCUT2D eigenvalue weighted by Gasteiger charge is 2.30. The molecule has 2 fully saturated rings. The lowest BCUT2D eigenvalue weighted by Gasteiger charge is -2.33. The Labute approximate surface area is 165 Å². The second kappa shape index (κ2) is 7.83. The number of piperidine rings is 1. The van der Waals surface area contributed by atoms with Gasteiger partial charge in [-0.25, -0.2) is 13.4 Å². The first-order valence-corrected chi connectivity index (χ1v) is 11.7. The molecule has 4 rings (SSSR count). The smallest absolute Gasteiger partial charge is 0.261 e. The van der Waals surface area contributed by atoms with Crippen molar-refractivity contribution in [3.05, 3.63) is 34.9 Å². The fraction of sp³-hybridized carbons (Fsp3) is 0.600. The molecule has 2 aliphatic rings. The summed E-state index contributed by atoms with van der Waals surface area (Å²) < 4.78 is 30.2. The van der Waals surface area contributed by atoms with Crippen LogP contribution in [0, 0.1) is 11.8 Å². The van der Waals surface area contributed by atoms with E-state index >= 15 is 0 Å². The van der Waals surface area contributed by atoms with Crippen LogP contribution in [0.1, 0.15) is 19.3 Å². The van der Waals surface area contributed by atoms with E-state index in [0.29, 0.717) is 40.6 Å². The molecule has 28 heavy (non-hydrogen) atoms. The Morgan fingerprint density at radius 2 is 1.93 bits per heavy atom. The summed E-state index contributed by atoms with van der Waals surface area (Å²) in [4.78, 5) is 19.6. The standard InChI is InChI=1S/C20H27N3O4S/c1-27-17-2-3-18-19(10-17)21-14-23(20(18)24)12-15-4-7-22(8-5-15)11-16-6-9-28(25,26)13-16/h2-3,10,14-16H,4-9,11-13H2,1H3. The number of nitrogens with zero attached hydrogens (tertiary/aromatic N) is 3. The molecule has 2 aliphatic heterocycles. The van der Waals surface area contributed by atoms with Crippen molar-refractivity contribution in [1.29, 1.82) is 0 Å². The van der Waals surface area contributed by atoms with E-state index in [2.05, 4.69) is 9.88 Å². The summed E-state index contributed by atoms with van der Waals surface area (Å²) in [5.41, 5.74) is 0.646. The topological polar surface area (TPSA) is 81.5 Å². The minimum Gasteiger partial charge on any atom is -0.497 e. The van der Waals surface area contributed by atoms with Crippen molar-refractivity contribution >= 4 is 20.7 Å². The molecular formula is C20H27N3O4S. The SMILES string of the molecule is COc1ccc2c(=O)n(CC3CCN(CC4CCS(=O)(=O)C4)CC3)cnc2c1. The fourth-order valence-corrected chi connectivity index (χ4v) is 6.26. The molecule has 0 spiro atoms. The Morgan fingerprint density at radius 1 is 1.14 bits per heavy atom. The minimum atomic E-state index is -2.80. The van der Waals surface area contributed by atoms with E-state index in [1.807, 2.05) is 0 Å². The van der Waals surface area contributed by atoms with E-state index in [-0.39, 0.29) is 11.5 Å². The first-order valence-electron chi connectivity index (χ1n) is 9.89. The normalized spacial score (nSPS) is 23.2. The monoisotopic (exact) mass is 405 g/mol.